The number of alkyl halides is 2. The second-order valence-corrected chi connectivity index (χ2v) is 12.6. The van der Waals surface area contributed by atoms with E-state index in [-0.39, 0.29) is 24.2 Å². The van der Waals surface area contributed by atoms with E-state index in [4.69, 9.17) is 4.74 Å². The standard InChI is InChI=1S/C31H42F2N6O3/c1-20(27(32)33)35-29-34-17-25-26(19-39(28(25)36-29)23-9-11-24(40)12-10-23)22-7-5-21(6-8-22)18-37-13-15-38(16-14-37)30(41)42-31(2,3)4/h5-8,17,19-20,23-24,27,40H,9-16,18H2,1-4H3,(H,34,35,36)/t20-,23-,24-/m0/s1. The summed E-state index contributed by atoms with van der Waals surface area (Å²) in [5.74, 6) is 0.180. The van der Waals surface area contributed by atoms with Crippen molar-refractivity contribution >= 4 is 23.1 Å². The summed E-state index contributed by atoms with van der Waals surface area (Å²) < 4.78 is 34.0. The van der Waals surface area contributed by atoms with Crippen LogP contribution in [0.2, 0.25) is 0 Å². The minimum atomic E-state index is -2.53. The molecular weight excluding hydrogens is 542 g/mol. The topological polar surface area (TPSA) is 95.8 Å². The lowest BCUT2D eigenvalue weighted by Gasteiger charge is -2.35. The molecule has 2 fully saturated rings. The maximum absolute atomic E-state index is 13.2. The Kier molecular flexibility index (Phi) is 8.98. The van der Waals surface area contributed by atoms with Crippen LogP contribution in [-0.2, 0) is 11.3 Å². The minimum absolute atomic E-state index is 0.165. The summed E-state index contributed by atoms with van der Waals surface area (Å²) in [4.78, 5) is 25.5. The van der Waals surface area contributed by atoms with Crippen molar-refractivity contribution in [3.8, 4) is 11.1 Å². The lowest BCUT2D eigenvalue weighted by Crippen LogP contribution is -2.49. The SMILES string of the molecule is C[C@H](Nc1ncc2c(-c3ccc(CN4CCN(C(=O)OC(C)(C)C)CC4)cc3)cn([C@H]3CC[C@H](O)CC3)c2n1)C(F)F. The number of aliphatic hydroxyl groups excluding tert-OH is 1. The van der Waals surface area contributed by atoms with Crippen LogP contribution in [0.1, 0.15) is 65.0 Å². The molecule has 2 aromatic heterocycles. The number of ether oxygens (including phenoxy) is 1. The van der Waals surface area contributed by atoms with E-state index in [1.165, 1.54) is 12.5 Å². The number of carbonyl (C=O) groups is 1. The Morgan fingerprint density at radius 2 is 1.76 bits per heavy atom. The van der Waals surface area contributed by atoms with Gasteiger partial charge in [0, 0.05) is 62.1 Å². The largest absolute Gasteiger partial charge is 0.444 e. The predicted molar refractivity (Wildman–Crippen MR) is 159 cm³/mol. The minimum Gasteiger partial charge on any atom is -0.444 e. The van der Waals surface area contributed by atoms with Crippen molar-refractivity contribution in [1.82, 2.24) is 24.3 Å². The highest BCUT2D eigenvalue weighted by Crippen LogP contribution is 2.37. The zero-order valence-corrected chi connectivity index (χ0v) is 24.9. The van der Waals surface area contributed by atoms with Crippen molar-refractivity contribution in [1.29, 1.82) is 0 Å². The molecule has 1 amide bonds. The van der Waals surface area contributed by atoms with Crippen molar-refractivity contribution in [2.24, 2.45) is 0 Å². The number of piperazine rings is 1. The molecule has 0 radical (unpaired) electrons. The molecule has 3 heterocycles. The third kappa shape index (κ3) is 7.18. The van der Waals surface area contributed by atoms with E-state index in [9.17, 15) is 18.7 Å². The first-order valence-electron chi connectivity index (χ1n) is 14.9. The summed E-state index contributed by atoms with van der Waals surface area (Å²) in [6, 6.07) is 7.54. The van der Waals surface area contributed by atoms with Gasteiger partial charge in [0.25, 0.3) is 6.43 Å². The number of hydrogen-bond acceptors (Lipinski definition) is 7. The van der Waals surface area contributed by atoms with Gasteiger partial charge in [0.15, 0.2) is 0 Å². The number of carbonyl (C=O) groups excluding carboxylic acids is 1. The molecule has 3 aromatic rings. The van der Waals surface area contributed by atoms with Crippen LogP contribution in [0.5, 0.6) is 0 Å². The number of aromatic nitrogens is 3. The van der Waals surface area contributed by atoms with E-state index in [0.717, 1.165) is 61.8 Å². The monoisotopic (exact) mass is 584 g/mol. The first-order chi connectivity index (χ1) is 20.0. The van der Waals surface area contributed by atoms with Gasteiger partial charge >= 0.3 is 6.09 Å². The summed E-state index contributed by atoms with van der Waals surface area (Å²) in [5, 5.41) is 13.6. The molecule has 11 heteroatoms. The predicted octanol–water partition coefficient (Wildman–Crippen LogP) is 5.69. The van der Waals surface area contributed by atoms with Crippen molar-refractivity contribution in [3.05, 3.63) is 42.2 Å². The van der Waals surface area contributed by atoms with Crippen LogP contribution in [-0.4, -0.2) is 85.9 Å². The zero-order valence-electron chi connectivity index (χ0n) is 24.9. The van der Waals surface area contributed by atoms with E-state index in [1.54, 1.807) is 11.1 Å². The molecule has 42 heavy (non-hydrogen) atoms. The van der Waals surface area contributed by atoms with Crippen molar-refractivity contribution in [2.75, 3.05) is 31.5 Å². The second kappa shape index (κ2) is 12.5. The Labute approximate surface area is 245 Å². The van der Waals surface area contributed by atoms with Crippen LogP contribution in [0.25, 0.3) is 22.2 Å². The number of amides is 1. The molecule has 0 bridgehead atoms. The highest BCUT2D eigenvalue weighted by molar-refractivity contribution is 5.94. The molecule has 1 atom stereocenters. The van der Waals surface area contributed by atoms with Crippen LogP contribution in [0.3, 0.4) is 0 Å². The maximum Gasteiger partial charge on any atom is 0.410 e. The number of hydrogen-bond donors (Lipinski definition) is 2. The number of nitrogens with one attached hydrogen (secondary N) is 1. The van der Waals surface area contributed by atoms with Crippen LogP contribution < -0.4 is 5.32 Å². The van der Waals surface area contributed by atoms with E-state index >= 15 is 0 Å². The molecule has 228 valence electrons. The van der Waals surface area contributed by atoms with Gasteiger partial charge in [-0.2, -0.15) is 4.98 Å². The molecule has 1 aliphatic carbocycles. The summed E-state index contributed by atoms with van der Waals surface area (Å²) in [6.45, 7) is 10.7. The number of benzene rings is 1. The van der Waals surface area contributed by atoms with Gasteiger partial charge in [0.2, 0.25) is 5.95 Å². The normalized spacial score (nSPS) is 21.1. The third-order valence-electron chi connectivity index (χ3n) is 8.06. The van der Waals surface area contributed by atoms with Gasteiger partial charge in [-0.1, -0.05) is 24.3 Å². The quantitative estimate of drug-likeness (QED) is 0.368. The first kappa shape index (κ1) is 30.2. The Morgan fingerprint density at radius 1 is 1.10 bits per heavy atom. The Bertz CT molecular complexity index is 1360. The molecule has 1 saturated heterocycles. The number of nitrogens with zero attached hydrogens (tertiary/aromatic N) is 5. The smallest absolute Gasteiger partial charge is 0.410 e. The average Bonchev–Trinajstić information content (AvgIpc) is 3.32. The molecule has 1 saturated carbocycles. The average molecular weight is 585 g/mol. The van der Waals surface area contributed by atoms with Gasteiger partial charge in [-0.25, -0.2) is 18.6 Å². The molecule has 0 unspecified atom stereocenters. The highest BCUT2D eigenvalue weighted by Gasteiger charge is 2.27. The number of halogens is 2. The van der Waals surface area contributed by atoms with Gasteiger partial charge in [0.05, 0.1) is 12.1 Å². The fourth-order valence-electron chi connectivity index (χ4n) is 5.67. The van der Waals surface area contributed by atoms with E-state index in [2.05, 4.69) is 55.2 Å². The third-order valence-corrected chi connectivity index (χ3v) is 8.06. The fourth-order valence-corrected chi connectivity index (χ4v) is 5.67. The van der Waals surface area contributed by atoms with Gasteiger partial charge in [-0.05, 0) is 64.5 Å². The molecule has 5 rings (SSSR count). The van der Waals surface area contributed by atoms with Gasteiger partial charge in [-0.15, -0.1) is 0 Å². The summed E-state index contributed by atoms with van der Waals surface area (Å²) >= 11 is 0. The zero-order chi connectivity index (χ0) is 30.0. The van der Waals surface area contributed by atoms with Crippen LogP contribution in [0.15, 0.2) is 36.7 Å². The summed E-state index contributed by atoms with van der Waals surface area (Å²) in [5.41, 5.74) is 3.40. The molecule has 2 N–H and O–H groups in total. The van der Waals surface area contributed by atoms with E-state index < -0.39 is 18.1 Å². The van der Waals surface area contributed by atoms with Crippen molar-refractivity contribution in [3.63, 3.8) is 0 Å². The Morgan fingerprint density at radius 3 is 2.38 bits per heavy atom. The Balaban J connectivity index is 1.32. The summed E-state index contributed by atoms with van der Waals surface area (Å²) in [6.07, 6.45) is 3.82. The molecular formula is C31H42F2N6O3. The van der Waals surface area contributed by atoms with Gasteiger partial charge < -0.3 is 24.6 Å². The fraction of sp³-hybridized carbons (Fsp3) is 0.581. The molecule has 1 aromatic carbocycles. The van der Waals surface area contributed by atoms with E-state index in [0.29, 0.717) is 18.7 Å². The van der Waals surface area contributed by atoms with Crippen molar-refractivity contribution in [2.45, 2.75) is 90.1 Å². The number of anilines is 1. The number of aliphatic hydroxyl groups is 1. The second-order valence-electron chi connectivity index (χ2n) is 12.6. The number of fused-ring (bicyclic) bond motifs is 1. The number of rotatable bonds is 7. The summed E-state index contributed by atoms with van der Waals surface area (Å²) in [7, 11) is 0. The van der Waals surface area contributed by atoms with E-state index in [1.807, 2.05) is 20.8 Å². The molecule has 1 aliphatic heterocycles. The van der Waals surface area contributed by atoms with Crippen LogP contribution in [0, 0.1) is 0 Å². The van der Waals surface area contributed by atoms with Crippen LogP contribution >= 0.6 is 0 Å². The van der Waals surface area contributed by atoms with Gasteiger partial charge in [-0.3, -0.25) is 4.90 Å². The lowest BCUT2D eigenvalue weighted by molar-refractivity contribution is 0.0139. The van der Waals surface area contributed by atoms with Crippen LogP contribution in [0.4, 0.5) is 19.5 Å². The lowest BCUT2D eigenvalue weighted by atomic mass is 9.93. The first-order valence-corrected chi connectivity index (χ1v) is 14.9. The maximum atomic E-state index is 13.2. The highest BCUT2D eigenvalue weighted by atomic mass is 19.3. The molecule has 9 nitrogen and oxygen atoms in total. The molecule has 0 spiro atoms. The van der Waals surface area contributed by atoms with Crippen molar-refractivity contribution < 1.29 is 23.4 Å². The molecule has 2 aliphatic rings. The Hall–Kier alpha value is -3.31. The van der Waals surface area contributed by atoms with Gasteiger partial charge in [0.1, 0.15) is 11.2 Å².